The zero-order valence-electron chi connectivity index (χ0n) is 24.9. The number of aromatic nitrogens is 2. The zero-order valence-corrected chi connectivity index (χ0v) is 25.6. The predicted octanol–water partition coefficient (Wildman–Crippen LogP) is 6.05. The Morgan fingerprint density at radius 1 is 1.09 bits per heavy atom. The van der Waals surface area contributed by atoms with Crippen LogP contribution in [-0.4, -0.2) is 60.5 Å². The molecule has 1 saturated carbocycles. The third kappa shape index (κ3) is 7.70. The number of nitrogens with one attached hydrogen (secondary N) is 3. The quantitative estimate of drug-likeness (QED) is 0.177. The molecular weight excluding hydrogens is 578 g/mol. The summed E-state index contributed by atoms with van der Waals surface area (Å²) in [5.74, 6) is -0.425. The van der Waals surface area contributed by atoms with Crippen LogP contribution in [0.5, 0.6) is 0 Å². The molecule has 230 valence electrons. The van der Waals surface area contributed by atoms with Crippen LogP contribution in [0, 0.1) is 11.3 Å². The normalized spacial score (nSPS) is 16.7. The predicted molar refractivity (Wildman–Crippen MR) is 171 cm³/mol. The first-order valence-corrected chi connectivity index (χ1v) is 15.5. The Bertz CT molecular complexity index is 1490. The zero-order chi connectivity index (χ0) is 30.9. The molecule has 1 aliphatic heterocycles. The van der Waals surface area contributed by atoms with E-state index in [1.165, 1.54) is 13.3 Å². The first kappa shape index (κ1) is 31.3. The maximum Gasteiger partial charge on any atom is 0.328 e. The number of benzene rings is 2. The fourth-order valence-electron chi connectivity index (χ4n) is 5.85. The van der Waals surface area contributed by atoms with Crippen LogP contribution < -0.4 is 10.6 Å². The SMILES string of the molecule is COC(=O)C(NC(=O)c1cnc(C2=CCOCC2)nc1NCC(C(=N)c1ccc(Cl)cc1)c1ccccc1)C1CCCCC1. The second kappa shape index (κ2) is 15.1. The van der Waals surface area contributed by atoms with Gasteiger partial charge >= 0.3 is 5.97 Å². The maximum absolute atomic E-state index is 13.8. The van der Waals surface area contributed by atoms with E-state index in [1.807, 2.05) is 48.5 Å². The van der Waals surface area contributed by atoms with E-state index in [0.29, 0.717) is 42.0 Å². The minimum Gasteiger partial charge on any atom is -0.467 e. The number of amides is 1. The van der Waals surface area contributed by atoms with Crippen LogP contribution >= 0.6 is 11.6 Å². The van der Waals surface area contributed by atoms with Crippen LogP contribution in [0.25, 0.3) is 5.57 Å². The highest BCUT2D eigenvalue weighted by Crippen LogP contribution is 2.29. The van der Waals surface area contributed by atoms with Gasteiger partial charge in [-0.1, -0.05) is 79.4 Å². The highest BCUT2D eigenvalue weighted by atomic mass is 35.5. The minimum atomic E-state index is -0.756. The average molecular weight is 616 g/mol. The Hall–Kier alpha value is -4.08. The van der Waals surface area contributed by atoms with Crippen LogP contribution in [0.4, 0.5) is 5.82 Å². The number of nitrogens with zero attached hydrogens (tertiary/aromatic N) is 2. The first-order chi connectivity index (χ1) is 21.4. The summed E-state index contributed by atoms with van der Waals surface area (Å²) < 4.78 is 10.5. The molecule has 1 aromatic heterocycles. The number of carbonyl (C=O) groups excluding carboxylic acids is 2. The summed E-state index contributed by atoms with van der Waals surface area (Å²) in [5, 5.41) is 16.0. The van der Waals surface area contributed by atoms with E-state index in [1.54, 1.807) is 12.1 Å². The fourth-order valence-corrected chi connectivity index (χ4v) is 5.98. The van der Waals surface area contributed by atoms with Crippen molar-refractivity contribution in [1.29, 1.82) is 5.41 Å². The molecule has 0 radical (unpaired) electrons. The number of methoxy groups -OCH3 is 1. The van der Waals surface area contributed by atoms with Gasteiger partial charge in [0.05, 0.1) is 20.3 Å². The van der Waals surface area contributed by atoms with Crippen LogP contribution in [0.2, 0.25) is 5.02 Å². The van der Waals surface area contributed by atoms with Crippen molar-refractivity contribution in [2.75, 3.05) is 32.2 Å². The molecule has 9 nitrogen and oxygen atoms in total. The molecule has 2 unspecified atom stereocenters. The van der Waals surface area contributed by atoms with Crippen molar-refractivity contribution in [3.05, 3.63) is 94.4 Å². The summed E-state index contributed by atoms with van der Waals surface area (Å²) in [4.78, 5) is 35.9. The highest BCUT2D eigenvalue weighted by Gasteiger charge is 2.33. The van der Waals surface area contributed by atoms with Gasteiger partial charge in [0.15, 0.2) is 5.82 Å². The van der Waals surface area contributed by atoms with Gasteiger partial charge in [-0.15, -0.1) is 0 Å². The van der Waals surface area contributed by atoms with E-state index in [9.17, 15) is 9.59 Å². The number of carbonyl (C=O) groups is 2. The van der Waals surface area contributed by atoms with E-state index in [4.69, 9.17) is 31.5 Å². The molecule has 1 fully saturated rings. The third-order valence-electron chi connectivity index (χ3n) is 8.33. The van der Waals surface area contributed by atoms with E-state index in [0.717, 1.165) is 48.8 Å². The number of hydrogen-bond donors (Lipinski definition) is 3. The molecule has 5 rings (SSSR count). The van der Waals surface area contributed by atoms with E-state index >= 15 is 0 Å². The lowest BCUT2D eigenvalue weighted by Gasteiger charge is -2.29. The van der Waals surface area contributed by atoms with Crippen LogP contribution in [0.15, 0.2) is 66.9 Å². The molecule has 0 saturated heterocycles. The van der Waals surface area contributed by atoms with Crippen LogP contribution in [-0.2, 0) is 14.3 Å². The van der Waals surface area contributed by atoms with Crippen molar-refractivity contribution in [2.45, 2.75) is 50.5 Å². The fraction of sp³-hybridized carbons (Fsp3) is 0.382. The first-order valence-electron chi connectivity index (χ1n) is 15.1. The van der Waals surface area contributed by atoms with Crippen LogP contribution in [0.3, 0.4) is 0 Å². The van der Waals surface area contributed by atoms with Crippen molar-refractivity contribution in [2.24, 2.45) is 5.92 Å². The molecule has 2 atom stereocenters. The minimum absolute atomic E-state index is 0.00598. The van der Waals surface area contributed by atoms with Gasteiger partial charge in [-0.25, -0.2) is 14.8 Å². The molecule has 1 aliphatic carbocycles. The molecule has 2 aromatic carbocycles. The largest absolute Gasteiger partial charge is 0.467 e. The molecule has 2 heterocycles. The number of ether oxygens (including phenoxy) is 2. The Kier molecular flexibility index (Phi) is 10.7. The monoisotopic (exact) mass is 615 g/mol. The van der Waals surface area contributed by atoms with Gasteiger partial charge in [-0.3, -0.25) is 4.79 Å². The summed E-state index contributed by atoms with van der Waals surface area (Å²) in [7, 11) is 1.34. The van der Waals surface area contributed by atoms with Gasteiger partial charge in [0.1, 0.15) is 17.4 Å². The topological polar surface area (TPSA) is 126 Å². The number of anilines is 1. The molecule has 3 N–H and O–H groups in total. The Balaban J connectivity index is 1.46. The van der Waals surface area contributed by atoms with Crippen molar-refractivity contribution in [3.8, 4) is 0 Å². The van der Waals surface area contributed by atoms with Gasteiger partial charge in [-0.05, 0) is 54.0 Å². The lowest BCUT2D eigenvalue weighted by atomic mass is 9.83. The number of esters is 1. The van der Waals surface area contributed by atoms with E-state index in [-0.39, 0.29) is 23.9 Å². The van der Waals surface area contributed by atoms with Crippen molar-refractivity contribution >= 4 is 40.6 Å². The maximum atomic E-state index is 13.8. The lowest BCUT2D eigenvalue weighted by molar-refractivity contribution is -0.144. The molecule has 0 spiro atoms. The Morgan fingerprint density at radius 2 is 1.84 bits per heavy atom. The van der Waals surface area contributed by atoms with Crippen molar-refractivity contribution < 1.29 is 19.1 Å². The average Bonchev–Trinajstić information content (AvgIpc) is 3.08. The number of halogens is 1. The molecule has 2 aliphatic rings. The molecule has 44 heavy (non-hydrogen) atoms. The second-order valence-electron chi connectivity index (χ2n) is 11.1. The molecule has 0 bridgehead atoms. The standard InChI is InChI=1S/C34H38ClN5O4/c1-43-34(42)30(24-10-6-3-7-11-24)39-33(41)28-21-37-31(25-16-18-44-19-17-25)40-32(28)38-20-27(22-8-4-2-5-9-22)29(36)23-12-14-26(35)15-13-23/h2,4-5,8-9,12-16,21,24,27,30,36H,3,6-7,10-11,17-20H2,1H3,(H,39,41)(H,37,38,40). The molecule has 3 aromatic rings. The van der Waals surface area contributed by atoms with Gasteiger partial charge in [-0.2, -0.15) is 0 Å². The highest BCUT2D eigenvalue weighted by molar-refractivity contribution is 6.30. The van der Waals surface area contributed by atoms with Gasteiger partial charge in [0.25, 0.3) is 5.91 Å². The van der Waals surface area contributed by atoms with E-state index in [2.05, 4.69) is 15.6 Å². The number of hydrogen-bond acceptors (Lipinski definition) is 8. The summed E-state index contributed by atoms with van der Waals surface area (Å²) in [6.45, 7) is 1.32. The molecule has 1 amide bonds. The lowest BCUT2D eigenvalue weighted by Crippen LogP contribution is -2.47. The van der Waals surface area contributed by atoms with Gasteiger partial charge in [0.2, 0.25) is 0 Å². The summed E-state index contributed by atoms with van der Waals surface area (Å²) in [6, 6.07) is 16.2. The number of rotatable bonds is 11. The summed E-state index contributed by atoms with van der Waals surface area (Å²) >= 11 is 6.12. The third-order valence-corrected chi connectivity index (χ3v) is 8.58. The summed E-state index contributed by atoms with van der Waals surface area (Å²) in [6.07, 6.45) is 8.96. The van der Waals surface area contributed by atoms with E-state index < -0.39 is 17.9 Å². The van der Waals surface area contributed by atoms with Gasteiger partial charge < -0.3 is 25.5 Å². The smallest absolute Gasteiger partial charge is 0.328 e. The molecule has 10 heteroatoms. The van der Waals surface area contributed by atoms with Crippen LogP contribution in [0.1, 0.15) is 71.8 Å². The Morgan fingerprint density at radius 3 is 2.52 bits per heavy atom. The molecular formula is C34H38ClN5O4. The van der Waals surface area contributed by atoms with Gasteiger partial charge in [0, 0.05) is 29.4 Å². The van der Waals surface area contributed by atoms with Crippen molar-refractivity contribution in [1.82, 2.24) is 15.3 Å². The Labute approximate surface area is 262 Å². The second-order valence-corrected chi connectivity index (χ2v) is 11.6. The van der Waals surface area contributed by atoms with Crippen molar-refractivity contribution in [3.63, 3.8) is 0 Å². The summed E-state index contributed by atoms with van der Waals surface area (Å²) in [5.41, 5.74) is 3.24.